The number of pyridine rings is 2. The lowest BCUT2D eigenvalue weighted by Gasteiger charge is -2.33. The minimum Gasteiger partial charge on any atom is -0.497 e. The molecule has 2 aromatic heterocycles. The van der Waals surface area contributed by atoms with Crippen LogP contribution in [0.5, 0.6) is 5.75 Å². The van der Waals surface area contributed by atoms with Crippen LogP contribution in [0.1, 0.15) is 40.5 Å². The van der Waals surface area contributed by atoms with E-state index < -0.39 is 0 Å². The SMILES string of the molecule is COc1ccc(-c2cc(C)nc(C3CCCN(C(=O)c4ccc(=O)n(C)c4)C3)c2)cc1. The van der Waals surface area contributed by atoms with Crippen LogP contribution >= 0.6 is 0 Å². The van der Waals surface area contributed by atoms with Crippen LogP contribution in [0, 0.1) is 6.92 Å². The van der Waals surface area contributed by atoms with Crippen molar-refractivity contribution in [3.63, 3.8) is 0 Å². The molecule has 3 heterocycles. The van der Waals surface area contributed by atoms with Crippen LogP contribution in [0.4, 0.5) is 0 Å². The number of piperidine rings is 1. The number of carbonyl (C=O) groups excluding carboxylic acids is 1. The molecule has 0 radical (unpaired) electrons. The Balaban J connectivity index is 1.57. The zero-order valence-corrected chi connectivity index (χ0v) is 18.2. The first-order valence-electron chi connectivity index (χ1n) is 10.5. The molecule has 6 nitrogen and oxygen atoms in total. The third-order valence-electron chi connectivity index (χ3n) is 5.86. The van der Waals surface area contributed by atoms with Crippen molar-refractivity contribution < 1.29 is 9.53 Å². The average molecular weight is 418 g/mol. The lowest BCUT2D eigenvalue weighted by atomic mass is 9.92. The second-order valence-electron chi connectivity index (χ2n) is 8.11. The molecule has 1 aliphatic rings. The summed E-state index contributed by atoms with van der Waals surface area (Å²) in [5, 5.41) is 0. The molecule has 6 heteroatoms. The summed E-state index contributed by atoms with van der Waals surface area (Å²) >= 11 is 0. The van der Waals surface area contributed by atoms with Crippen LogP contribution < -0.4 is 10.3 Å². The van der Waals surface area contributed by atoms with Crippen LogP contribution in [0.25, 0.3) is 11.1 Å². The molecule has 31 heavy (non-hydrogen) atoms. The van der Waals surface area contributed by atoms with Gasteiger partial charge < -0.3 is 14.2 Å². The van der Waals surface area contributed by atoms with E-state index in [4.69, 9.17) is 9.72 Å². The molecule has 0 aliphatic carbocycles. The predicted octanol–water partition coefficient (Wildman–Crippen LogP) is 3.78. The van der Waals surface area contributed by atoms with Crippen LogP contribution in [-0.2, 0) is 7.05 Å². The van der Waals surface area contributed by atoms with Gasteiger partial charge in [-0.05, 0) is 61.2 Å². The maximum atomic E-state index is 13.0. The Kier molecular flexibility index (Phi) is 5.89. The molecular weight excluding hydrogens is 390 g/mol. The molecule has 0 bridgehead atoms. The van der Waals surface area contributed by atoms with E-state index in [0.717, 1.165) is 47.7 Å². The standard InChI is InChI=1S/C25H27N3O3/c1-17-13-21(18-6-9-22(31-3)10-7-18)14-23(26-17)19-5-4-12-28(16-19)25(30)20-8-11-24(29)27(2)15-20/h6-11,13-15,19H,4-5,12,16H2,1-3H3. The van der Waals surface area contributed by atoms with Gasteiger partial charge in [0.1, 0.15) is 5.75 Å². The molecule has 1 atom stereocenters. The number of amides is 1. The number of likely N-dealkylation sites (tertiary alicyclic amines) is 1. The minimum atomic E-state index is -0.122. The molecule has 1 fully saturated rings. The third kappa shape index (κ3) is 4.53. The Labute approximate surface area is 182 Å². The molecule has 4 rings (SSSR count). The van der Waals surface area contributed by atoms with E-state index >= 15 is 0 Å². The molecule has 3 aromatic rings. The lowest BCUT2D eigenvalue weighted by molar-refractivity contribution is 0.0705. The molecule has 1 unspecified atom stereocenters. The number of methoxy groups -OCH3 is 1. The number of hydrogen-bond donors (Lipinski definition) is 0. The Morgan fingerprint density at radius 1 is 1.10 bits per heavy atom. The number of carbonyl (C=O) groups is 1. The fourth-order valence-corrected chi connectivity index (χ4v) is 4.16. The van der Waals surface area contributed by atoms with Gasteiger partial charge in [-0.1, -0.05) is 12.1 Å². The fourth-order valence-electron chi connectivity index (χ4n) is 4.16. The quantitative estimate of drug-likeness (QED) is 0.648. The fraction of sp³-hybridized carbons (Fsp3) is 0.320. The number of rotatable bonds is 4. The van der Waals surface area contributed by atoms with Gasteiger partial charge in [0.2, 0.25) is 5.56 Å². The number of aromatic nitrogens is 2. The molecule has 1 aromatic carbocycles. The number of aryl methyl sites for hydroxylation is 2. The second-order valence-corrected chi connectivity index (χ2v) is 8.11. The van der Waals surface area contributed by atoms with Crippen molar-refractivity contribution in [3.05, 3.63) is 82.0 Å². The topological polar surface area (TPSA) is 64.4 Å². The summed E-state index contributed by atoms with van der Waals surface area (Å²) in [5.74, 6) is 0.972. The van der Waals surface area contributed by atoms with Crippen molar-refractivity contribution in [1.82, 2.24) is 14.5 Å². The molecule has 1 amide bonds. The number of benzene rings is 1. The molecule has 160 valence electrons. The van der Waals surface area contributed by atoms with Crippen LogP contribution in [0.15, 0.2) is 59.5 Å². The van der Waals surface area contributed by atoms with Crippen molar-refractivity contribution in [2.75, 3.05) is 20.2 Å². The van der Waals surface area contributed by atoms with Crippen LogP contribution in [0.3, 0.4) is 0 Å². The van der Waals surface area contributed by atoms with Crippen molar-refractivity contribution in [1.29, 1.82) is 0 Å². The zero-order chi connectivity index (χ0) is 22.0. The van der Waals surface area contributed by atoms with Gasteiger partial charge in [0.15, 0.2) is 0 Å². The van der Waals surface area contributed by atoms with Gasteiger partial charge in [0, 0.05) is 49.7 Å². The van der Waals surface area contributed by atoms with Crippen molar-refractivity contribution in [2.45, 2.75) is 25.7 Å². The highest BCUT2D eigenvalue weighted by atomic mass is 16.5. The highest BCUT2D eigenvalue weighted by molar-refractivity contribution is 5.94. The van der Waals surface area contributed by atoms with Gasteiger partial charge >= 0.3 is 0 Å². The summed E-state index contributed by atoms with van der Waals surface area (Å²) in [6.45, 7) is 3.35. The second kappa shape index (κ2) is 8.76. The Morgan fingerprint density at radius 2 is 1.87 bits per heavy atom. The van der Waals surface area contributed by atoms with Gasteiger partial charge in [0.25, 0.3) is 5.91 Å². The van der Waals surface area contributed by atoms with E-state index in [1.807, 2.05) is 36.1 Å². The molecular formula is C25H27N3O3. The number of nitrogens with zero attached hydrogens (tertiary/aromatic N) is 3. The summed E-state index contributed by atoms with van der Waals surface area (Å²) in [6.07, 6.45) is 3.53. The van der Waals surface area contributed by atoms with E-state index in [-0.39, 0.29) is 17.4 Å². The summed E-state index contributed by atoms with van der Waals surface area (Å²) in [5.41, 5.74) is 4.63. The molecule has 0 N–H and O–H groups in total. The summed E-state index contributed by atoms with van der Waals surface area (Å²) < 4.78 is 6.71. The zero-order valence-electron chi connectivity index (χ0n) is 18.2. The Hall–Kier alpha value is -3.41. The van der Waals surface area contributed by atoms with Crippen LogP contribution in [-0.4, -0.2) is 40.6 Å². The lowest BCUT2D eigenvalue weighted by Crippen LogP contribution is -2.39. The first-order valence-corrected chi connectivity index (χ1v) is 10.5. The first-order chi connectivity index (χ1) is 14.9. The van der Waals surface area contributed by atoms with Crippen molar-refractivity contribution >= 4 is 5.91 Å². The van der Waals surface area contributed by atoms with Gasteiger partial charge in [-0.15, -0.1) is 0 Å². The molecule has 0 saturated carbocycles. The minimum absolute atomic E-state index is 0.0386. The predicted molar refractivity (Wildman–Crippen MR) is 121 cm³/mol. The maximum Gasteiger partial charge on any atom is 0.255 e. The number of hydrogen-bond acceptors (Lipinski definition) is 4. The molecule has 1 aliphatic heterocycles. The normalized spacial score (nSPS) is 16.2. The van der Waals surface area contributed by atoms with Crippen LogP contribution in [0.2, 0.25) is 0 Å². The van der Waals surface area contributed by atoms with Gasteiger partial charge in [0.05, 0.1) is 12.7 Å². The third-order valence-corrected chi connectivity index (χ3v) is 5.86. The monoisotopic (exact) mass is 417 g/mol. The van der Waals surface area contributed by atoms with Crippen molar-refractivity contribution in [3.8, 4) is 16.9 Å². The Bertz CT molecular complexity index is 1150. The average Bonchev–Trinajstić information content (AvgIpc) is 2.80. The summed E-state index contributed by atoms with van der Waals surface area (Å²) in [6, 6.07) is 15.3. The van der Waals surface area contributed by atoms with E-state index in [9.17, 15) is 9.59 Å². The number of ether oxygens (including phenoxy) is 1. The Morgan fingerprint density at radius 3 is 2.58 bits per heavy atom. The van der Waals surface area contributed by atoms with Crippen molar-refractivity contribution in [2.24, 2.45) is 7.05 Å². The van der Waals surface area contributed by atoms with Gasteiger partial charge in [-0.3, -0.25) is 14.6 Å². The molecule has 0 spiro atoms. The van der Waals surface area contributed by atoms with E-state index in [1.54, 1.807) is 26.4 Å². The van der Waals surface area contributed by atoms with E-state index in [2.05, 4.69) is 12.1 Å². The van der Waals surface area contributed by atoms with Gasteiger partial charge in [-0.25, -0.2) is 0 Å². The van der Waals surface area contributed by atoms with Gasteiger partial charge in [-0.2, -0.15) is 0 Å². The smallest absolute Gasteiger partial charge is 0.255 e. The molecule has 1 saturated heterocycles. The maximum absolute atomic E-state index is 13.0. The summed E-state index contributed by atoms with van der Waals surface area (Å²) in [7, 11) is 3.32. The largest absolute Gasteiger partial charge is 0.497 e. The highest BCUT2D eigenvalue weighted by Crippen LogP contribution is 2.30. The first kappa shape index (κ1) is 20.8. The van der Waals surface area contributed by atoms with E-state index in [0.29, 0.717) is 12.1 Å². The summed E-state index contributed by atoms with van der Waals surface area (Å²) in [4.78, 5) is 31.4. The highest BCUT2D eigenvalue weighted by Gasteiger charge is 2.27. The van der Waals surface area contributed by atoms with E-state index in [1.165, 1.54) is 10.6 Å².